The number of amides is 2. The van der Waals surface area contributed by atoms with Crippen LogP contribution in [-0.4, -0.2) is 30.1 Å². The summed E-state index contributed by atoms with van der Waals surface area (Å²) in [6, 6.07) is 14.8. The lowest BCUT2D eigenvalue weighted by Gasteiger charge is -2.13. The van der Waals surface area contributed by atoms with Gasteiger partial charge in [0, 0.05) is 17.8 Å². The Kier molecular flexibility index (Phi) is 6.76. The molecule has 0 saturated carbocycles. The van der Waals surface area contributed by atoms with Gasteiger partial charge in [-0.15, -0.1) is 0 Å². The lowest BCUT2D eigenvalue weighted by atomic mass is 10.1. The van der Waals surface area contributed by atoms with E-state index in [-0.39, 0.29) is 18.1 Å². The van der Waals surface area contributed by atoms with Crippen molar-refractivity contribution in [3.05, 3.63) is 83.8 Å². The van der Waals surface area contributed by atoms with Crippen molar-refractivity contribution >= 4 is 17.5 Å². The molecule has 0 fully saturated rings. The summed E-state index contributed by atoms with van der Waals surface area (Å²) in [7, 11) is 0. The minimum Gasteiger partial charge on any atom is -0.459 e. The molecule has 1 atom stereocenters. The summed E-state index contributed by atoms with van der Waals surface area (Å²) in [4.78, 5) is 24.2. The van der Waals surface area contributed by atoms with E-state index in [1.165, 1.54) is 48.7 Å². The largest absolute Gasteiger partial charge is 0.459 e. The van der Waals surface area contributed by atoms with E-state index in [0.717, 1.165) is 0 Å². The first-order chi connectivity index (χ1) is 14.4. The van der Waals surface area contributed by atoms with Gasteiger partial charge in [-0.1, -0.05) is 12.1 Å². The normalized spacial score (nSPS) is 11.7. The maximum atomic E-state index is 12.2. The second kappa shape index (κ2) is 9.66. The molecule has 30 heavy (non-hydrogen) atoms. The zero-order valence-electron chi connectivity index (χ0n) is 15.5. The maximum Gasteiger partial charge on any atom is 0.387 e. The van der Waals surface area contributed by atoms with Crippen LogP contribution in [0.15, 0.2) is 71.3 Å². The molecule has 9 heteroatoms. The van der Waals surface area contributed by atoms with E-state index in [0.29, 0.717) is 16.8 Å². The van der Waals surface area contributed by atoms with Crippen LogP contribution in [0.1, 0.15) is 32.6 Å². The van der Waals surface area contributed by atoms with Crippen LogP contribution in [0, 0.1) is 0 Å². The summed E-state index contributed by atoms with van der Waals surface area (Å²) in [5.41, 5.74) is 1.26. The Hall–Kier alpha value is -3.72. The summed E-state index contributed by atoms with van der Waals surface area (Å²) >= 11 is 0. The fourth-order valence-electron chi connectivity index (χ4n) is 2.59. The maximum absolute atomic E-state index is 12.2. The van der Waals surface area contributed by atoms with E-state index in [1.807, 2.05) is 0 Å². The minimum atomic E-state index is -2.93. The highest BCUT2D eigenvalue weighted by Gasteiger charge is 2.13. The second-order valence-corrected chi connectivity index (χ2v) is 6.18. The molecule has 0 aliphatic rings. The molecular formula is C21H18F2N2O5. The monoisotopic (exact) mass is 416 g/mol. The molecule has 0 radical (unpaired) electrons. The average molecular weight is 416 g/mol. The number of carbonyl (C=O) groups excluding carboxylic acids is 2. The van der Waals surface area contributed by atoms with Gasteiger partial charge in [0.15, 0.2) is 5.76 Å². The van der Waals surface area contributed by atoms with Gasteiger partial charge in [0.2, 0.25) is 0 Å². The van der Waals surface area contributed by atoms with Crippen LogP contribution in [-0.2, 0) is 0 Å². The van der Waals surface area contributed by atoms with Crippen LogP contribution in [0.25, 0.3) is 0 Å². The second-order valence-electron chi connectivity index (χ2n) is 6.18. The van der Waals surface area contributed by atoms with Gasteiger partial charge >= 0.3 is 6.61 Å². The highest BCUT2D eigenvalue weighted by molar-refractivity contribution is 6.02. The van der Waals surface area contributed by atoms with Gasteiger partial charge in [-0.2, -0.15) is 8.78 Å². The number of aliphatic hydroxyl groups is 1. The molecule has 2 aromatic carbocycles. The van der Waals surface area contributed by atoms with Crippen molar-refractivity contribution in [3.8, 4) is 5.75 Å². The van der Waals surface area contributed by atoms with Crippen LogP contribution < -0.4 is 15.4 Å². The first kappa shape index (κ1) is 21.0. The van der Waals surface area contributed by atoms with Crippen molar-refractivity contribution < 1.29 is 32.6 Å². The Labute approximate surface area is 170 Å². The predicted octanol–water partition coefficient (Wildman–Crippen LogP) is 3.60. The molecule has 2 amide bonds. The summed E-state index contributed by atoms with van der Waals surface area (Å²) in [6.45, 7) is -3.00. The number of nitrogens with one attached hydrogen (secondary N) is 2. The molecule has 3 N–H and O–H groups in total. The minimum absolute atomic E-state index is 0.0239. The fraction of sp³-hybridized carbons (Fsp3) is 0.143. The molecule has 0 saturated heterocycles. The van der Waals surface area contributed by atoms with Crippen LogP contribution in [0.3, 0.4) is 0 Å². The number of hydrogen-bond donors (Lipinski definition) is 3. The topological polar surface area (TPSA) is 101 Å². The summed E-state index contributed by atoms with van der Waals surface area (Å²) < 4.78 is 33.6. The molecule has 0 aliphatic heterocycles. The number of aliphatic hydroxyl groups excluding tert-OH is 1. The SMILES string of the molecule is O=C(NCC(O)c1ccc(OC(F)F)cc1)c1ccc(NC(=O)c2ccco2)cc1. The average Bonchev–Trinajstić information content (AvgIpc) is 3.27. The van der Waals surface area contributed by atoms with Crippen molar-refractivity contribution in [2.75, 3.05) is 11.9 Å². The van der Waals surface area contributed by atoms with Gasteiger partial charge in [0.25, 0.3) is 11.8 Å². The van der Waals surface area contributed by atoms with Crippen LogP contribution >= 0.6 is 0 Å². The molecule has 1 heterocycles. The van der Waals surface area contributed by atoms with E-state index in [9.17, 15) is 23.5 Å². The molecular weight excluding hydrogens is 398 g/mol. The molecule has 0 aliphatic carbocycles. The highest BCUT2D eigenvalue weighted by atomic mass is 19.3. The Morgan fingerprint density at radius 1 is 1.00 bits per heavy atom. The van der Waals surface area contributed by atoms with E-state index in [2.05, 4.69) is 15.4 Å². The third kappa shape index (κ3) is 5.65. The number of alkyl halides is 2. The Bertz CT molecular complexity index is 974. The number of hydrogen-bond acceptors (Lipinski definition) is 5. The number of carbonyl (C=O) groups is 2. The van der Waals surface area contributed by atoms with Crippen LogP contribution in [0.5, 0.6) is 5.75 Å². The fourth-order valence-corrected chi connectivity index (χ4v) is 2.59. The zero-order chi connectivity index (χ0) is 21.5. The molecule has 0 spiro atoms. The van der Waals surface area contributed by atoms with E-state index in [4.69, 9.17) is 4.42 Å². The van der Waals surface area contributed by atoms with Crippen LogP contribution in [0.4, 0.5) is 14.5 Å². The van der Waals surface area contributed by atoms with E-state index >= 15 is 0 Å². The van der Waals surface area contributed by atoms with Crippen molar-refractivity contribution in [2.45, 2.75) is 12.7 Å². The Morgan fingerprint density at radius 2 is 1.70 bits per heavy atom. The van der Waals surface area contributed by atoms with Gasteiger partial charge in [-0.3, -0.25) is 9.59 Å². The first-order valence-corrected chi connectivity index (χ1v) is 8.88. The summed E-state index contributed by atoms with van der Waals surface area (Å²) in [5, 5.41) is 15.4. The van der Waals surface area contributed by atoms with Crippen molar-refractivity contribution in [2.24, 2.45) is 0 Å². The smallest absolute Gasteiger partial charge is 0.387 e. The van der Waals surface area contributed by atoms with Gasteiger partial charge < -0.3 is 24.9 Å². The molecule has 0 bridgehead atoms. The van der Waals surface area contributed by atoms with E-state index < -0.39 is 24.5 Å². The van der Waals surface area contributed by atoms with Crippen molar-refractivity contribution in [1.29, 1.82) is 0 Å². The first-order valence-electron chi connectivity index (χ1n) is 8.88. The van der Waals surface area contributed by atoms with E-state index in [1.54, 1.807) is 18.2 Å². The number of halogens is 2. The number of rotatable bonds is 8. The molecule has 3 aromatic rings. The standard InChI is InChI=1S/C21H18F2N2O5/c22-21(23)30-16-9-5-13(6-10-16)17(26)12-24-19(27)14-3-7-15(8-4-14)25-20(28)18-2-1-11-29-18/h1-11,17,21,26H,12H2,(H,24,27)(H,25,28). The van der Waals surface area contributed by atoms with Gasteiger partial charge in [-0.05, 0) is 54.1 Å². The third-order valence-electron chi connectivity index (χ3n) is 4.10. The highest BCUT2D eigenvalue weighted by Crippen LogP contribution is 2.19. The summed E-state index contributed by atoms with van der Waals surface area (Å²) in [5.74, 6) is -0.690. The summed E-state index contributed by atoms with van der Waals surface area (Å²) in [6.07, 6.45) is 0.365. The predicted molar refractivity (Wildman–Crippen MR) is 103 cm³/mol. The quantitative estimate of drug-likeness (QED) is 0.521. The van der Waals surface area contributed by atoms with Crippen molar-refractivity contribution in [3.63, 3.8) is 0 Å². The zero-order valence-corrected chi connectivity index (χ0v) is 15.5. The number of benzene rings is 2. The number of ether oxygens (including phenoxy) is 1. The van der Waals surface area contributed by atoms with Gasteiger partial charge in [0.1, 0.15) is 5.75 Å². The lowest BCUT2D eigenvalue weighted by molar-refractivity contribution is -0.0498. The number of anilines is 1. The molecule has 3 rings (SSSR count). The Balaban J connectivity index is 1.51. The molecule has 156 valence electrons. The Morgan fingerprint density at radius 3 is 2.30 bits per heavy atom. The third-order valence-corrected chi connectivity index (χ3v) is 4.10. The van der Waals surface area contributed by atoms with Gasteiger partial charge in [0.05, 0.1) is 12.4 Å². The number of furan rings is 1. The lowest BCUT2D eigenvalue weighted by Crippen LogP contribution is -2.28. The molecule has 1 unspecified atom stereocenters. The molecule has 1 aromatic heterocycles. The van der Waals surface area contributed by atoms with Crippen LogP contribution in [0.2, 0.25) is 0 Å². The molecule has 7 nitrogen and oxygen atoms in total. The van der Waals surface area contributed by atoms with Crippen molar-refractivity contribution in [1.82, 2.24) is 5.32 Å². The van der Waals surface area contributed by atoms with Gasteiger partial charge in [-0.25, -0.2) is 0 Å².